The van der Waals surface area contributed by atoms with Gasteiger partial charge in [0.1, 0.15) is 11.6 Å². The number of rotatable bonds is 2. The molecule has 0 radical (unpaired) electrons. The molecule has 0 saturated heterocycles. The van der Waals surface area contributed by atoms with Crippen molar-refractivity contribution in [1.29, 1.82) is 0 Å². The molecule has 3 heteroatoms. The molecule has 0 aliphatic heterocycles. The van der Waals surface area contributed by atoms with Gasteiger partial charge in [0.2, 0.25) is 0 Å². The molecule has 2 atom stereocenters. The van der Waals surface area contributed by atoms with Gasteiger partial charge in [0.15, 0.2) is 0 Å². The van der Waals surface area contributed by atoms with Gasteiger partial charge in [-0.15, -0.1) is 0 Å². The van der Waals surface area contributed by atoms with Crippen LogP contribution in [0.15, 0.2) is 12.1 Å². The third kappa shape index (κ3) is 1.86. The zero-order chi connectivity index (χ0) is 12.8. The van der Waals surface area contributed by atoms with Crippen LogP contribution >= 0.6 is 0 Å². The normalized spacial score (nSPS) is 26.7. The SMILES string of the molecule is CNC1CC(c2cc(F)c(C)cc2F)C1(C)C. The lowest BCUT2D eigenvalue weighted by Gasteiger charge is -2.52. The lowest BCUT2D eigenvalue weighted by Crippen LogP contribution is -2.54. The second kappa shape index (κ2) is 4.05. The second-order valence-electron chi connectivity index (χ2n) is 5.57. The molecule has 1 aliphatic carbocycles. The van der Waals surface area contributed by atoms with E-state index in [1.807, 2.05) is 7.05 Å². The third-order valence-corrected chi connectivity index (χ3v) is 4.27. The van der Waals surface area contributed by atoms with Crippen molar-refractivity contribution in [2.75, 3.05) is 7.05 Å². The smallest absolute Gasteiger partial charge is 0.127 e. The first-order valence-electron chi connectivity index (χ1n) is 6.00. The lowest BCUT2D eigenvalue weighted by atomic mass is 9.56. The molecule has 2 unspecified atom stereocenters. The summed E-state index contributed by atoms with van der Waals surface area (Å²) in [5, 5.41) is 3.22. The number of halogens is 2. The van der Waals surface area contributed by atoms with Gasteiger partial charge in [-0.3, -0.25) is 0 Å². The van der Waals surface area contributed by atoms with Crippen LogP contribution in [0.25, 0.3) is 0 Å². The van der Waals surface area contributed by atoms with E-state index in [-0.39, 0.29) is 23.0 Å². The van der Waals surface area contributed by atoms with Crippen LogP contribution in [0.1, 0.15) is 37.3 Å². The van der Waals surface area contributed by atoms with Crippen molar-refractivity contribution in [1.82, 2.24) is 5.32 Å². The summed E-state index contributed by atoms with van der Waals surface area (Å²) in [6.45, 7) is 5.78. The molecule has 1 nitrogen and oxygen atoms in total. The number of benzene rings is 1. The fourth-order valence-corrected chi connectivity index (χ4v) is 2.87. The molecular formula is C14H19F2N. The number of hydrogen-bond donors (Lipinski definition) is 1. The molecule has 1 N–H and O–H groups in total. The van der Waals surface area contributed by atoms with Crippen molar-refractivity contribution in [2.24, 2.45) is 5.41 Å². The largest absolute Gasteiger partial charge is 0.316 e. The molecule has 94 valence electrons. The number of nitrogens with one attached hydrogen (secondary N) is 1. The molecule has 0 aromatic heterocycles. The van der Waals surface area contributed by atoms with Crippen LogP contribution in [0.3, 0.4) is 0 Å². The summed E-state index contributed by atoms with van der Waals surface area (Å²) in [6.07, 6.45) is 0.864. The van der Waals surface area contributed by atoms with Crippen molar-refractivity contribution < 1.29 is 8.78 Å². The maximum absolute atomic E-state index is 13.9. The van der Waals surface area contributed by atoms with Crippen molar-refractivity contribution in [2.45, 2.75) is 39.2 Å². The Morgan fingerprint density at radius 2 is 1.88 bits per heavy atom. The predicted molar refractivity (Wildman–Crippen MR) is 65.1 cm³/mol. The number of hydrogen-bond acceptors (Lipinski definition) is 1. The fraction of sp³-hybridized carbons (Fsp3) is 0.571. The molecule has 17 heavy (non-hydrogen) atoms. The van der Waals surface area contributed by atoms with Crippen molar-refractivity contribution >= 4 is 0 Å². The molecule has 0 amide bonds. The van der Waals surface area contributed by atoms with Crippen molar-refractivity contribution in [3.05, 3.63) is 34.9 Å². The van der Waals surface area contributed by atoms with E-state index in [1.54, 1.807) is 6.92 Å². The first-order chi connectivity index (χ1) is 7.87. The molecule has 1 aromatic carbocycles. The molecule has 1 fully saturated rings. The highest BCUT2D eigenvalue weighted by Gasteiger charge is 2.48. The second-order valence-corrected chi connectivity index (χ2v) is 5.57. The van der Waals surface area contributed by atoms with Crippen LogP contribution in [0.2, 0.25) is 0 Å². The van der Waals surface area contributed by atoms with E-state index in [4.69, 9.17) is 0 Å². The van der Waals surface area contributed by atoms with Crippen LogP contribution in [0.5, 0.6) is 0 Å². The standard InChI is InChI=1S/C14H19F2N/c1-8-5-12(16)9(6-11(8)15)10-7-13(17-4)14(10,2)3/h5-6,10,13,17H,7H2,1-4H3. The average Bonchev–Trinajstić information content (AvgIpc) is 2.24. The highest BCUT2D eigenvalue weighted by Crippen LogP contribution is 2.53. The summed E-state index contributed by atoms with van der Waals surface area (Å²) in [5.41, 5.74) is 0.857. The van der Waals surface area contributed by atoms with E-state index in [2.05, 4.69) is 19.2 Å². The van der Waals surface area contributed by atoms with Crippen LogP contribution < -0.4 is 5.32 Å². The molecule has 1 aromatic rings. The van der Waals surface area contributed by atoms with E-state index in [9.17, 15) is 8.78 Å². The molecule has 0 heterocycles. The van der Waals surface area contributed by atoms with Gasteiger partial charge < -0.3 is 5.32 Å². The summed E-state index contributed by atoms with van der Waals surface area (Å²) in [5.74, 6) is -0.503. The van der Waals surface area contributed by atoms with E-state index < -0.39 is 0 Å². The maximum atomic E-state index is 13.9. The molecule has 0 spiro atoms. The average molecular weight is 239 g/mol. The van der Waals surface area contributed by atoms with Gasteiger partial charge in [-0.2, -0.15) is 0 Å². The van der Waals surface area contributed by atoms with Gasteiger partial charge >= 0.3 is 0 Å². The maximum Gasteiger partial charge on any atom is 0.127 e. The Hall–Kier alpha value is -0.960. The van der Waals surface area contributed by atoms with E-state index in [0.717, 1.165) is 6.42 Å². The van der Waals surface area contributed by atoms with E-state index >= 15 is 0 Å². The molecular weight excluding hydrogens is 220 g/mol. The molecule has 0 bridgehead atoms. The van der Waals surface area contributed by atoms with Crippen LogP contribution in [-0.2, 0) is 0 Å². The highest BCUT2D eigenvalue weighted by molar-refractivity contribution is 5.32. The topological polar surface area (TPSA) is 12.0 Å². The summed E-state index contributed by atoms with van der Waals surface area (Å²) in [4.78, 5) is 0. The minimum atomic E-state index is -0.315. The summed E-state index contributed by atoms with van der Waals surface area (Å²) in [6, 6.07) is 3.03. The Balaban J connectivity index is 2.34. The van der Waals surface area contributed by atoms with E-state index in [0.29, 0.717) is 17.2 Å². The van der Waals surface area contributed by atoms with Gasteiger partial charge in [-0.25, -0.2) is 8.78 Å². The molecule has 1 aliphatic rings. The van der Waals surface area contributed by atoms with Gasteiger partial charge in [0, 0.05) is 6.04 Å². The van der Waals surface area contributed by atoms with Gasteiger partial charge in [-0.1, -0.05) is 13.8 Å². The Labute approximate surface area is 101 Å². The fourth-order valence-electron chi connectivity index (χ4n) is 2.87. The Morgan fingerprint density at radius 3 is 2.41 bits per heavy atom. The van der Waals surface area contributed by atoms with E-state index in [1.165, 1.54) is 12.1 Å². The summed E-state index contributed by atoms with van der Waals surface area (Å²) < 4.78 is 27.4. The Bertz CT molecular complexity index is 440. The number of aryl methyl sites for hydroxylation is 1. The van der Waals surface area contributed by atoms with Crippen molar-refractivity contribution in [3.63, 3.8) is 0 Å². The lowest BCUT2D eigenvalue weighted by molar-refractivity contribution is 0.0725. The quantitative estimate of drug-likeness (QED) is 0.834. The monoisotopic (exact) mass is 239 g/mol. The van der Waals surface area contributed by atoms with Crippen LogP contribution in [0, 0.1) is 24.0 Å². The summed E-state index contributed by atoms with van der Waals surface area (Å²) >= 11 is 0. The third-order valence-electron chi connectivity index (χ3n) is 4.27. The zero-order valence-electron chi connectivity index (χ0n) is 10.8. The van der Waals surface area contributed by atoms with Gasteiger partial charge in [0.25, 0.3) is 0 Å². The van der Waals surface area contributed by atoms with Gasteiger partial charge in [-0.05, 0) is 55.0 Å². The Morgan fingerprint density at radius 1 is 1.24 bits per heavy atom. The minimum absolute atomic E-state index is 0.0305. The molecule has 1 saturated carbocycles. The molecule has 2 rings (SSSR count). The van der Waals surface area contributed by atoms with Crippen molar-refractivity contribution in [3.8, 4) is 0 Å². The first kappa shape index (κ1) is 12.5. The van der Waals surface area contributed by atoms with Gasteiger partial charge in [0.05, 0.1) is 0 Å². The minimum Gasteiger partial charge on any atom is -0.316 e. The highest BCUT2D eigenvalue weighted by atomic mass is 19.1. The summed E-state index contributed by atoms with van der Waals surface area (Å²) in [7, 11) is 1.91. The predicted octanol–water partition coefficient (Wildman–Crippen LogP) is 3.37. The Kier molecular flexibility index (Phi) is 2.98. The first-order valence-corrected chi connectivity index (χ1v) is 6.00. The zero-order valence-corrected chi connectivity index (χ0v) is 10.8. The van der Waals surface area contributed by atoms with Crippen LogP contribution in [0.4, 0.5) is 8.78 Å². The van der Waals surface area contributed by atoms with Crippen LogP contribution in [-0.4, -0.2) is 13.1 Å².